The molecule has 0 aromatic heterocycles. The zero-order valence-corrected chi connectivity index (χ0v) is 7.83. The summed E-state index contributed by atoms with van der Waals surface area (Å²) in [6.45, 7) is 3.94. The third kappa shape index (κ3) is 1.18. The maximum atomic E-state index is 13.2. The van der Waals surface area contributed by atoms with Crippen molar-refractivity contribution >= 4 is 17.4 Å². The number of fused-ring (bicyclic) bond motifs is 1. The summed E-state index contributed by atoms with van der Waals surface area (Å²) in [6.07, 6.45) is 0. The highest BCUT2D eigenvalue weighted by Gasteiger charge is 2.20. The Morgan fingerprint density at radius 3 is 3.00 bits per heavy atom. The zero-order valence-electron chi connectivity index (χ0n) is 7.02. The van der Waals surface area contributed by atoms with E-state index in [0.717, 1.165) is 10.5 Å². The molecule has 0 spiro atoms. The summed E-state index contributed by atoms with van der Waals surface area (Å²) in [7, 11) is 0. The number of anilines is 1. The molecule has 0 radical (unpaired) electrons. The summed E-state index contributed by atoms with van der Waals surface area (Å²) >= 11 is 1.67. The van der Waals surface area contributed by atoms with Crippen molar-refractivity contribution in [2.24, 2.45) is 0 Å². The van der Waals surface area contributed by atoms with Crippen LogP contribution in [0.5, 0.6) is 0 Å². The summed E-state index contributed by atoms with van der Waals surface area (Å²) in [6, 6.07) is 3.57. The Balaban J connectivity index is 2.52. The topological polar surface area (TPSA) is 12.0 Å². The molecule has 1 aromatic carbocycles. The van der Waals surface area contributed by atoms with Gasteiger partial charge < -0.3 is 5.32 Å². The monoisotopic (exact) mass is 183 g/mol. The smallest absolute Gasteiger partial charge is 0.147 e. The van der Waals surface area contributed by atoms with E-state index < -0.39 is 0 Å². The molecule has 64 valence electrons. The van der Waals surface area contributed by atoms with Crippen molar-refractivity contribution in [3.05, 3.63) is 23.5 Å². The van der Waals surface area contributed by atoms with E-state index in [2.05, 4.69) is 5.32 Å². The fraction of sp³-hybridized carbons (Fsp3) is 0.333. The number of rotatable bonds is 0. The van der Waals surface area contributed by atoms with Gasteiger partial charge in [0.2, 0.25) is 0 Å². The number of thioether (sulfide) groups is 1. The van der Waals surface area contributed by atoms with Gasteiger partial charge in [0.15, 0.2) is 0 Å². The first-order valence-electron chi connectivity index (χ1n) is 3.90. The van der Waals surface area contributed by atoms with Crippen LogP contribution in [0.4, 0.5) is 10.1 Å². The van der Waals surface area contributed by atoms with Gasteiger partial charge in [0.05, 0.1) is 11.1 Å². The van der Waals surface area contributed by atoms with E-state index in [1.165, 1.54) is 0 Å². The Morgan fingerprint density at radius 2 is 2.25 bits per heavy atom. The molecule has 1 heterocycles. The fourth-order valence-electron chi connectivity index (χ4n) is 1.37. The normalized spacial score (nSPS) is 20.4. The predicted octanol–water partition coefficient (Wildman–Crippen LogP) is 3.00. The molecular formula is C9H10FNS. The lowest BCUT2D eigenvalue weighted by molar-refractivity contribution is 0.627. The molecule has 0 fully saturated rings. The summed E-state index contributed by atoms with van der Waals surface area (Å²) in [5.74, 6) is -0.137. The Labute approximate surface area is 75.4 Å². The Morgan fingerprint density at radius 1 is 1.50 bits per heavy atom. The quantitative estimate of drug-likeness (QED) is 0.663. The second-order valence-electron chi connectivity index (χ2n) is 3.02. The second-order valence-corrected chi connectivity index (χ2v) is 4.41. The molecule has 1 aromatic rings. The Hall–Kier alpha value is -0.700. The predicted molar refractivity (Wildman–Crippen MR) is 50.1 cm³/mol. The lowest BCUT2D eigenvalue weighted by Crippen LogP contribution is -2.03. The highest BCUT2D eigenvalue weighted by atomic mass is 32.2. The minimum atomic E-state index is -0.137. The molecule has 1 aliphatic heterocycles. The molecule has 1 N–H and O–H groups in total. The second kappa shape index (κ2) is 2.66. The fourth-order valence-corrected chi connectivity index (χ4v) is 2.45. The first-order chi connectivity index (χ1) is 5.66. The molecule has 0 aliphatic carbocycles. The van der Waals surface area contributed by atoms with Crippen LogP contribution in [0.15, 0.2) is 17.0 Å². The Bertz CT molecular complexity index is 325. The van der Waals surface area contributed by atoms with Crippen LogP contribution in [0.3, 0.4) is 0 Å². The van der Waals surface area contributed by atoms with E-state index in [1.54, 1.807) is 17.8 Å². The van der Waals surface area contributed by atoms with Gasteiger partial charge in [-0.3, -0.25) is 0 Å². The van der Waals surface area contributed by atoms with Gasteiger partial charge in [-0.05, 0) is 31.5 Å². The van der Waals surface area contributed by atoms with Gasteiger partial charge in [0.25, 0.3) is 0 Å². The lowest BCUT2D eigenvalue weighted by Gasteiger charge is -2.02. The maximum Gasteiger partial charge on any atom is 0.147 e. The molecule has 1 nitrogen and oxygen atoms in total. The summed E-state index contributed by atoms with van der Waals surface area (Å²) in [5.41, 5.74) is 1.65. The van der Waals surface area contributed by atoms with Crippen LogP contribution in [0, 0.1) is 12.7 Å². The van der Waals surface area contributed by atoms with Gasteiger partial charge in [-0.25, -0.2) is 4.39 Å². The van der Waals surface area contributed by atoms with Gasteiger partial charge in [-0.1, -0.05) is 11.8 Å². The van der Waals surface area contributed by atoms with Gasteiger partial charge in [-0.15, -0.1) is 0 Å². The van der Waals surface area contributed by atoms with Crippen molar-refractivity contribution in [2.45, 2.75) is 24.1 Å². The van der Waals surface area contributed by atoms with Crippen molar-refractivity contribution in [3.63, 3.8) is 0 Å². The van der Waals surface area contributed by atoms with Crippen LogP contribution in [0.1, 0.15) is 12.5 Å². The molecule has 3 heteroatoms. The number of nitrogens with one attached hydrogen (secondary N) is 1. The average molecular weight is 183 g/mol. The number of hydrogen-bond acceptors (Lipinski definition) is 2. The third-order valence-corrected chi connectivity index (χ3v) is 2.90. The largest absolute Gasteiger partial charge is 0.370 e. The van der Waals surface area contributed by atoms with Crippen molar-refractivity contribution < 1.29 is 4.39 Å². The molecule has 12 heavy (non-hydrogen) atoms. The summed E-state index contributed by atoms with van der Waals surface area (Å²) in [5, 5.41) is 3.37. The number of aryl methyl sites for hydroxylation is 1. The van der Waals surface area contributed by atoms with Gasteiger partial charge in [0.1, 0.15) is 5.82 Å². The maximum absolute atomic E-state index is 13.2. The van der Waals surface area contributed by atoms with E-state index in [4.69, 9.17) is 0 Å². The number of hydrogen-bond donors (Lipinski definition) is 1. The zero-order chi connectivity index (χ0) is 8.72. The third-order valence-electron chi connectivity index (χ3n) is 1.85. The highest BCUT2D eigenvalue weighted by Crippen LogP contribution is 2.40. The van der Waals surface area contributed by atoms with Crippen LogP contribution in [0.2, 0.25) is 0 Å². The summed E-state index contributed by atoms with van der Waals surface area (Å²) < 4.78 is 13.2. The molecule has 1 aliphatic rings. The van der Waals surface area contributed by atoms with E-state index in [-0.39, 0.29) is 11.2 Å². The van der Waals surface area contributed by atoms with Crippen LogP contribution in [-0.2, 0) is 0 Å². The first kappa shape index (κ1) is 7.92. The highest BCUT2D eigenvalue weighted by molar-refractivity contribution is 8.00. The van der Waals surface area contributed by atoms with E-state index in [9.17, 15) is 4.39 Å². The minimum Gasteiger partial charge on any atom is -0.370 e. The minimum absolute atomic E-state index is 0.137. The number of benzene rings is 1. The summed E-state index contributed by atoms with van der Waals surface area (Å²) in [4.78, 5) is 1.03. The molecule has 1 unspecified atom stereocenters. The standard InChI is InChI=1S/C9H10FNS/c1-5-3-7(10)9-8(4-5)12-6(2)11-9/h3-4,6,11H,1-2H3. The molecule has 0 saturated heterocycles. The molecular weight excluding hydrogens is 173 g/mol. The van der Waals surface area contributed by atoms with Crippen molar-refractivity contribution in [1.29, 1.82) is 0 Å². The molecule has 2 rings (SSSR count). The lowest BCUT2D eigenvalue weighted by atomic mass is 10.2. The van der Waals surface area contributed by atoms with Gasteiger partial charge >= 0.3 is 0 Å². The van der Waals surface area contributed by atoms with E-state index in [1.807, 2.05) is 19.9 Å². The van der Waals surface area contributed by atoms with Crippen LogP contribution < -0.4 is 5.32 Å². The molecule has 0 saturated carbocycles. The van der Waals surface area contributed by atoms with Gasteiger partial charge in [-0.2, -0.15) is 0 Å². The SMILES string of the molecule is Cc1cc(F)c2c(c1)SC(C)N2. The molecule has 1 atom stereocenters. The van der Waals surface area contributed by atoms with Crippen molar-refractivity contribution in [1.82, 2.24) is 0 Å². The Kier molecular flexibility index (Phi) is 1.76. The van der Waals surface area contributed by atoms with Crippen molar-refractivity contribution in [2.75, 3.05) is 5.32 Å². The van der Waals surface area contributed by atoms with Crippen LogP contribution in [0.25, 0.3) is 0 Å². The number of halogens is 1. The average Bonchev–Trinajstić information content (AvgIpc) is 2.29. The van der Waals surface area contributed by atoms with Gasteiger partial charge in [0, 0.05) is 4.90 Å². The van der Waals surface area contributed by atoms with Crippen LogP contribution >= 0.6 is 11.8 Å². The van der Waals surface area contributed by atoms with Crippen LogP contribution in [-0.4, -0.2) is 5.37 Å². The molecule has 0 amide bonds. The molecule has 0 bridgehead atoms. The first-order valence-corrected chi connectivity index (χ1v) is 4.78. The van der Waals surface area contributed by atoms with E-state index >= 15 is 0 Å². The van der Waals surface area contributed by atoms with Crippen molar-refractivity contribution in [3.8, 4) is 0 Å². The van der Waals surface area contributed by atoms with E-state index in [0.29, 0.717) is 5.69 Å².